The van der Waals surface area contributed by atoms with E-state index in [2.05, 4.69) is 4.98 Å². The van der Waals surface area contributed by atoms with Gasteiger partial charge in [0.25, 0.3) is 5.56 Å². The van der Waals surface area contributed by atoms with Crippen LogP contribution in [0.25, 0.3) is 22.0 Å². The number of hydrogen-bond donors (Lipinski definition) is 1. The van der Waals surface area contributed by atoms with Gasteiger partial charge in [0.1, 0.15) is 5.52 Å². The van der Waals surface area contributed by atoms with E-state index >= 15 is 0 Å². The topological polar surface area (TPSA) is 37.8 Å². The predicted molar refractivity (Wildman–Crippen MR) is 74.0 cm³/mol. The maximum atomic E-state index is 11.9. The average Bonchev–Trinajstić information content (AvgIpc) is 2.84. The SMILES string of the molecule is Cn1cc(-c2ccc(Cl)cc2)c2cc[nH]c2c1=O. The second kappa shape index (κ2) is 4.03. The van der Waals surface area contributed by atoms with Crippen LogP contribution in [0.3, 0.4) is 0 Å². The zero-order valence-corrected chi connectivity index (χ0v) is 10.5. The quantitative estimate of drug-likeness (QED) is 0.715. The van der Waals surface area contributed by atoms with Crippen molar-refractivity contribution in [3.05, 3.63) is 58.1 Å². The van der Waals surface area contributed by atoms with E-state index < -0.39 is 0 Å². The minimum absolute atomic E-state index is 0.0206. The maximum absolute atomic E-state index is 11.9. The maximum Gasteiger partial charge on any atom is 0.274 e. The minimum atomic E-state index is -0.0206. The van der Waals surface area contributed by atoms with Crippen molar-refractivity contribution < 1.29 is 0 Å². The number of nitrogens with one attached hydrogen (secondary N) is 1. The number of aromatic nitrogens is 2. The van der Waals surface area contributed by atoms with Crippen LogP contribution in [0.1, 0.15) is 0 Å². The third-order valence-electron chi connectivity index (χ3n) is 3.05. The molecule has 0 saturated carbocycles. The second-order valence-electron chi connectivity index (χ2n) is 4.23. The van der Waals surface area contributed by atoms with Crippen molar-refractivity contribution in [1.82, 2.24) is 9.55 Å². The van der Waals surface area contributed by atoms with Gasteiger partial charge in [-0.3, -0.25) is 4.79 Å². The molecule has 0 spiro atoms. The summed E-state index contributed by atoms with van der Waals surface area (Å²) in [5.74, 6) is 0. The molecule has 90 valence electrons. The van der Waals surface area contributed by atoms with Crippen LogP contribution in [-0.4, -0.2) is 9.55 Å². The largest absolute Gasteiger partial charge is 0.357 e. The summed E-state index contributed by atoms with van der Waals surface area (Å²) in [5, 5.41) is 1.63. The van der Waals surface area contributed by atoms with E-state index in [0.29, 0.717) is 10.5 Å². The predicted octanol–water partition coefficient (Wildman–Crippen LogP) is 3.19. The molecule has 18 heavy (non-hydrogen) atoms. The van der Waals surface area contributed by atoms with Gasteiger partial charge in [0.2, 0.25) is 0 Å². The zero-order chi connectivity index (χ0) is 12.7. The van der Waals surface area contributed by atoms with Crippen molar-refractivity contribution >= 4 is 22.5 Å². The number of aromatic amines is 1. The summed E-state index contributed by atoms with van der Waals surface area (Å²) >= 11 is 5.89. The van der Waals surface area contributed by atoms with Crippen molar-refractivity contribution in [2.24, 2.45) is 7.05 Å². The first-order chi connectivity index (χ1) is 8.66. The molecule has 0 fully saturated rings. The highest BCUT2D eigenvalue weighted by molar-refractivity contribution is 6.30. The second-order valence-corrected chi connectivity index (χ2v) is 4.67. The molecule has 2 aromatic heterocycles. The van der Waals surface area contributed by atoms with Crippen LogP contribution in [0.5, 0.6) is 0 Å². The highest BCUT2D eigenvalue weighted by Gasteiger charge is 2.09. The number of pyridine rings is 1. The fraction of sp³-hybridized carbons (Fsp3) is 0.0714. The van der Waals surface area contributed by atoms with Crippen LogP contribution in [0.15, 0.2) is 47.5 Å². The van der Waals surface area contributed by atoms with E-state index in [1.54, 1.807) is 17.8 Å². The first kappa shape index (κ1) is 11.1. The fourth-order valence-electron chi connectivity index (χ4n) is 2.13. The van der Waals surface area contributed by atoms with Crippen LogP contribution in [0.2, 0.25) is 5.02 Å². The lowest BCUT2D eigenvalue weighted by Gasteiger charge is -2.06. The Kier molecular flexibility index (Phi) is 2.49. The van der Waals surface area contributed by atoms with E-state index in [0.717, 1.165) is 16.5 Å². The Morgan fingerprint density at radius 1 is 1.17 bits per heavy atom. The van der Waals surface area contributed by atoms with Crippen molar-refractivity contribution in [1.29, 1.82) is 0 Å². The fourth-order valence-corrected chi connectivity index (χ4v) is 2.25. The van der Waals surface area contributed by atoms with Gasteiger partial charge in [-0.15, -0.1) is 0 Å². The molecule has 0 radical (unpaired) electrons. The Labute approximate surface area is 109 Å². The number of halogens is 1. The lowest BCUT2D eigenvalue weighted by Crippen LogP contribution is -2.16. The van der Waals surface area contributed by atoms with Crippen LogP contribution >= 0.6 is 11.6 Å². The normalized spacial score (nSPS) is 11.0. The lowest BCUT2D eigenvalue weighted by atomic mass is 10.0. The van der Waals surface area contributed by atoms with Crippen LogP contribution in [-0.2, 0) is 7.05 Å². The van der Waals surface area contributed by atoms with Gasteiger partial charge in [-0.2, -0.15) is 0 Å². The van der Waals surface area contributed by atoms with Gasteiger partial charge in [-0.05, 0) is 23.8 Å². The van der Waals surface area contributed by atoms with Gasteiger partial charge in [0.15, 0.2) is 0 Å². The molecule has 0 amide bonds. The zero-order valence-electron chi connectivity index (χ0n) is 9.77. The summed E-state index contributed by atoms with van der Waals surface area (Å²) in [6, 6.07) is 9.52. The third kappa shape index (κ3) is 1.64. The van der Waals surface area contributed by atoms with Crippen LogP contribution < -0.4 is 5.56 Å². The number of hydrogen-bond acceptors (Lipinski definition) is 1. The van der Waals surface area contributed by atoms with E-state index in [9.17, 15) is 4.79 Å². The third-order valence-corrected chi connectivity index (χ3v) is 3.30. The monoisotopic (exact) mass is 258 g/mol. The molecule has 3 rings (SSSR count). The van der Waals surface area contributed by atoms with Gasteiger partial charge in [-0.1, -0.05) is 23.7 Å². The number of aryl methyl sites for hydroxylation is 1. The van der Waals surface area contributed by atoms with Crippen molar-refractivity contribution in [2.75, 3.05) is 0 Å². The van der Waals surface area contributed by atoms with Gasteiger partial charge in [-0.25, -0.2) is 0 Å². The van der Waals surface area contributed by atoms with Crippen molar-refractivity contribution in [3.8, 4) is 11.1 Å². The highest BCUT2D eigenvalue weighted by atomic mass is 35.5. The first-order valence-electron chi connectivity index (χ1n) is 5.59. The van der Waals surface area contributed by atoms with E-state index in [1.807, 2.05) is 36.5 Å². The van der Waals surface area contributed by atoms with E-state index in [4.69, 9.17) is 11.6 Å². The Morgan fingerprint density at radius 2 is 1.89 bits per heavy atom. The number of H-pyrrole nitrogens is 1. The number of fused-ring (bicyclic) bond motifs is 1. The molecule has 3 nitrogen and oxygen atoms in total. The molecule has 0 atom stereocenters. The minimum Gasteiger partial charge on any atom is -0.357 e. The summed E-state index contributed by atoms with van der Waals surface area (Å²) in [5.41, 5.74) is 2.67. The number of benzene rings is 1. The molecule has 4 heteroatoms. The summed E-state index contributed by atoms with van der Waals surface area (Å²) in [4.78, 5) is 14.9. The molecular formula is C14H11ClN2O. The molecule has 0 aliphatic heterocycles. The average molecular weight is 259 g/mol. The van der Waals surface area contributed by atoms with Gasteiger partial charge in [0, 0.05) is 35.4 Å². The molecule has 0 aliphatic carbocycles. The Morgan fingerprint density at radius 3 is 2.61 bits per heavy atom. The standard InChI is InChI=1S/C14H11ClN2O/c1-17-8-12(9-2-4-10(15)5-3-9)11-6-7-16-13(11)14(17)18/h2-8,16H,1H3. The summed E-state index contributed by atoms with van der Waals surface area (Å²) in [6.45, 7) is 0. The molecule has 0 bridgehead atoms. The van der Waals surface area contributed by atoms with Crippen LogP contribution in [0.4, 0.5) is 0 Å². The van der Waals surface area contributed by atoms with Crippen molar-refractivity contribution in [2.45, 2.75) is 0 Å². The summed E-state index contributed by atoms with van der Waals surface area (Å²) in [7, 11) is 1.75. The number of nitrogens with zero attached hydrogens (tertiary/aromatic N) is 1. The van der Waals surface area contributed by atoms with Crippen molar-refractivity contribution in [3.63, 3.8) is 0 Å². The van der Waals surface area contributed by atoms with Gasteiger partial charge in [0.05, 0.1) is 0 Å². The van der Waals surface area contributed by atoms with Gasteiger partial charge >= 0.3 is 0 Å². The molecule has 0 unspecified atom stereocenters. The summed E-state index contributed by atoms with van der Waals surface area (Å²) < 4.78 is 1.59. The Bertz CT molecular complexity index is 769. The van der Waals surface area contributed by atoms with E-state index in [1.165, 1.54) is 0 Å². The smallest absolute Gasteiger partial charge is 0.274 e. The Hall–Kier alpha value is -2.00. The van der Waals surface area contributed by atoms with Gasteiger partial charge < -0.3 is 9.55 Å². The first-order valence-corrected chi connectivity index (χ1v) is 5.97. The molecule has 3 aromatic rings. The summed E-state index contributed by atoms with van der Waals surface area (Å²) in [6.07, 6.45) is 3.63. The molecular weight excluding hydrogens is 248 g/mol. The Balaban J connectivity index is 2.35. The molecule has 0 saturated heterocycles. The molecule has 1 aromatic carbocycles. The molecule has 1 N–H and O–H groups in total. The number of rotatable bonds is 1. The lowest BCUT2D eigenvalue weighted by molar-refractivity contribution is 0.872. The molecule has 0 aliphatic rings. The van der Waals surface area contributed by atoms with Crippen LogP contribution in [0, 0.1) is 0 Å². The highest BCUT2D eigenvalue weighted by Crippen LogP contribution is 2.27. The van der Waals surface area contributed by atoms with E-state index in [-0.39, 0.29) is 5.56 Å². The molecule has 2 heterocycles.